The lowest BCUT2D eigenvalue weighted by Crippen LogP contribution is -1.97. The van der Waals surface area contributed by atoms with Crippen LogP contribution in [0.15, 0.2) is 0 Å². The third-order valence-electron chi connectivity index (χ3n) is 1.14. The number of rotatable bonds is 1. The van der Waals surface area contributed by atoms with E-state index in [-0.39, 0.29) is 0 Å². The third-order valence-corrected chi connectivity index (χ3v) is 3.27. The van der Waals surface area contributed by atoms with Gasteiger partial charge in [-0.3, -0.25) is 0 Å². The second kappa shape index (κ2) is 3.87. The molecule has 0 radical (unpaired) electrons. The Morgan fingerprint density at radius 1 is 1.45 bits per heavy atom. The number of alkyl halides is 1. The summed E-state index contributed by atoms with van der Waals surface area (Å²) in [7, 11) is 0. The van der Waals surface area contributed by atoms with Crippen molar-refractivity contribution in [1.82, 2.24) is 9.97 Å². The van der Waals surface area contributed by atoms with Crippen LogP contribution in [0.2, 0.25) is 5.15 Å². The molecule has 0 saturated carbocycles. The molecule has 0 atom stereocenters. The SMILES string of the molecule is Cc1nc(CCl)nc(Cl)c1I. The van der Waals surface area contributed by atoms with E-state index in [4.69, 9.17) is 23.2 Å². The van der Waals surface area contributed by atoms with Gasteiger partial charge in [-0.05, 0) is 29.5 Å². The number of aromatic nitrogens is 2. The predicted molar refractivity (Wildman–Crippen MR) is 54.1 cm³/mol. The fourth-order valence-electron chi connectivity index (χ4n) is 0.639. The molecule has 2 nitrogen and oxygen atoms in total. The van der Waals surface area contributed by atoms with E-state index < -0.39 is 0 Å². The van der Waals surface area contributed by atoms with Crippen LogP contribution in [0.5, 0.6) is 0 Å². The fourth-order valence-corrected chi connectivity index (χ4v) is 1.23. The van der Waals surface area contributed by atoms with Crippen molar-refractivity contribution in [3.63, 3.8) is 0 Å². The number of hydrogen-bond acceptors (Lipinski definition) is 2. The second-order valence-corrected chi connectivity index (χ2v) is 3.67. The molecule has 0 spiro atoms. The lowest BCUT2D eigenvalue weighted by atomic mass is 10.4. The molecule has 60 valence electrons. The summed E-state index contributed by atoms with van der Waals surface area (Å²) in [6, 6.07) is 0. The monoisotopic (exact) mass is 302 g/mol. The van der Waals surface area contributed by atoms with Crippen LogP contribution < -0.4 is 0 Å². The molecule has 1 rings (SSSR count). The molecule has 0 aliphatic heterocycles. The van der Waals surface area contributed by atoms with Crippen LogP contribution in [0, 0.1) is 10.5 Å². The first-order valence-electron chi connectivity index (χ1n) is 2.89. The Bertz CT molecular complexity index is 254. The molecule has 0 aliphatic rings. The summed E-state index contributed by atoms with van der Waals surface area (Å²) in [5, 5.41) is 0.480. The number of nitrogens with zero attached hydrogens (tertiary/aromatic N) is 2. The third kappa shape index (κ3) is 2.16. The van der Waals surface area contributed by atoms with Crippen molar-refractivity contribution in [2.45, 2.75) is 12.8 Å². The molecular weight excluding hydrogens is 298 g/mol. The Morgan fingerprint density at radius 3 is 2.55 bits per heavy atom. The highest BCUT2D eigenvalue weighted by atomic mass is 127. The van der Waals surface area contributed by atoms with E-state index in [0.29, 0.717) is 16.9 Å². The van der Waals surface area contributed by atoms with Crippen molar-refractivity contribution < 1.29 is 0 Å². The topological polar surface area (TPSA) is 25.8 Å². The van der Waals surface area contributed by atoms with Crippen molar-refractivity contribution in [2.75, 3.05) is 0 Å². The van der Waals surface area contributed by atoms with Crippen LogP contribution in [0.25, 0.3) is 0 Å². The van der Waals surface area contributed by atoms with E-state index in [2.05, 4.69) is 32.6 Å². The summed E-state index contributed by atoms with van der Waals surface area (Å²) in [4.78, 5) is 8.08. The van der Waals surface area contributed by atoms with Crippen LogP contribution >= 0.6 is 45.8 Å². The summed E-state index contributed by atoms with van der Waals surface area (Å²) >= 11 is 13.4. The van der Waals surface area contributed by atoms with Gasteiger partial charge in [-0.15, -0.1) is 11.6 Å². The Balaban J connectivity index is 3.21. The quantitative estimate of drug-likeness (QED) is 0.453. The lowest BCUT2D eigenvalue weighted by Gasteiger charge is -2.00. The van der Waals surface area contributed by atoms with Gasteiger partial charge in [-0.25, -0.2) is 9.97 Å². The molecule has 0 N–H and O–H groups in total. The number of halogens is 3. The minimum absolute atomic E-state index is 0.303. The molecule has 1 aromatic heterocycles. The van der Waals surface area contributed by atoms with Crippen LogP contribution in [0.3, 0.4) is 0 Å². The van der Waals surface area contributed by atoms with Gasteiger partial charge in [-0.2, -0.15) is 0 Å². The van der Waals surface area contributed by atoms with Crippen LogP contribution in [0.4, 0.5) is 0 Å². The summed E-state index contributed by atoms with van der Waals surface area (Å²) in [6.07, 6.45) is 0. The Labute approximate surface area is 88.5 Å². The van der Waals surface area contributed by atoms with Gasteiger partial charge in [-0.1, -0.05) is 11.6 Å². The molecule has 0 aliphatic carbocycles. The Hall–Kier alpha value is 0.390. The molecule has 0 amide bonds. The molecule has 0 fully saturated rings. The van der Waals surface area contributed by atoms with Gasteiger partial charge in [0.15, 0.2) is 0 Å². The van der Waals surface area contributed by atoms with Crippen molar-refractivity contribution in [3.05, 3.63) is 20.2 Å². The van der Waals surface area contributed by atoms with E-state index in [0.717, 1.165) is 9.26 Å². The van der Waals surface area contributed by atoms with Crippen molar-refractivity contribution in [2.24, 2.45) is 0 Å². The first kappa shape index (κ1) is 9.48. The van der Waals surface area contributed by atoms with Gasteiger partial charge in [0.05, 0.1) is 15.1 Å². The van der Waals surface area contributed by atoms with Gasteiger partial charge in [0.1, 0.15) is 11.0 Å². The standard InChI is InChI=1S/C6H5Cl2IN2/c1-3-5(9)6(8)11-4(2-7)10-3/h2H2,1H3. The van der Waals surface area contributed by atoms with Crippen LogP contribution in [-0.2, 0) is 5.88 Å². The maximum Gasteiger partial charge on any atom is 0.146 e. The largest absolute Gasteiger partial charge is 0.236 e. The molecule has 1 aromatic rings. The molecule has 11 heavy (non-hydrogen) atoms. The average Bonchev–Trinajstić information content (AvgIpc) is 1.99. The van der Waals surface area contributed by atoms with E-state index in [9.17, 15) is 0 Å². The van der Waals surface area contributed by atoms with E-state index in [1.54, 1.807) is 0 Å². The summed E-state index contributed by atoms with van der Waals surface area (Å²) < 4.78 is 0.887. The highest BCUT2D eigenvalue weighted by molar-refractivity contribution is 14.1. The minimum atomic E-state index is 0.303. The normalized spacial score (nSPS) is 10.2. The molecule has 0 saturated heterocycles. The van der Waals surface area contributed by atoms with Crippen molar-refractivity contribution in [3.8, 4) is 0 Å². The lowest BCUT2D eigenvalue weighted by molar-refractivity contribution is 0.980. The summed E-state index contributed by atoms with van der Waals surface area (Å²) in [5.41, 5.74) is 0.876. The highest BCUT2D eigenvalue weighted by Crippen LogP contribution is 2.18. The van der Waals surface area contributed by atoms with Crippen molar-refractivity contribution in [1.29, 1.82) is 0 Å². The smallest absolute Gasteiger partial charge is 0.146 e. The van der Waals surface area contributed by atoms with E-state index >= 15 is 0 Å². The van der Waals surface area contributed by atoms with E-state index in [1.165, 1.54) is 0 Å². The molecule has 0 unspecified atom stereocenters. The van der Waals surface area contributed by atoms with Gasteiger partial charge in [0, 0.05) is 0 Å². The maximum absolute atomic E-state index is 5.78. The zero-order valence-corrected chi connectivity index (χ0v) is 9.40. The maximum atomic E-state index is 5.78. The minimum Gasteiger partial charge on any atom is -0.236 e. The number of hydrogen-bond donors (Lipinski definition) is 0. The molecule has 1 heterocycles. The predicted octanol–water partition coefficient (Wildman–Crippen LogP) is 2.78. The van der Waals surface area contributed by atoms with Gasteiger partial charge in [0.25, 0.3) is 0 Å². The van der Waals surface area contributed by atoms with Gasteiger partial charge in [0.2, 0.25) is 0 Å². The van der Waals surface area contributed by atoms with Gasteiger partial charge >= 0.3 is 0 Å². The fraction of sp³-hybridized carbons (Fsp3) is 0.333. The summed E-state index contributed by atoms with van der Waals surface area (Å²) in [6.45, 7) is 1.88. The van der Waals surface area contributed by atoms with Crippen LogP contribution in [-0.4, -0.2) is 9.97 Å². The molecular formula is C6H5Cl2IN2. The Morgan fingerprint density at radius 2 is 2.09 bits per heavy atom. The molecule has 5 heteroatoms. The zero-order chi connectivity index (χ0) is 8.43. The second-order valence-electron chi connectivity index (χ2n) is 1.96. The van der Waals surface area contributed by atoms with Gasteiger partial charge < -0.3 is 0 Å². The molecule has 0 bridgehead atoms. The highest BCUT2D eigenvalue weighted by Gasteiger charge is 2.05. The van der Waals surface area contributed by atoms with Crippen LogP contribution in [0.1, 0.15) is 11.5 Å². The summed E-state index contributed by atoms with van der Waals surface area (Å²) in [5.74, 6) is 0.881. The van der Waals surface area contributed by atoms with E-state index in [1.807, 2.05) is 6.92 Å². The number of aryl methyl sites for hydroxylation is 1. The first-order chi connectivity index (χ1) is 5.15. The first-order valence-corrected chi connectivity index (χ1v) is 4.88. The van der Waals surface area contributed by atoms with Crippen molar-refractivity contribution >= 4 is 45.8 Å². The zero-order valence-electron chi connectivity index (χ0n) is 5.74. The Kier molecular flexibility index (Phi) is 3.33. The molecule has 0 aromatic carbocycles. The average molecular weight is 303 g/mol.